The highest BCUT2D eigenvalue weighted by molar-refractivity contribution is 9.13. The largest absolute Gasteiger partial charge is 0.329 e. The van der Waals surface area contributed by atoms with E-state index in [1.54, 1.807) is 0 Å². The van der Waals surface area contributed by atoms with Crippen LogP contribution in [0.3, 0.4) is 0 Å². The van der Waals surface area contributed by atoms with Crippen LogP contribution >= 0.6 is 31.9 Å². The molecule has 1 aliphatic rings. The highest BCUT2D eigenvalue weighted by atomic mass is 79.9. The number of rotatable bonds is 3. The third kappa shape index (κ3) is 4.02. The lowest BCUT2D eigenvalue weighted by Crippen LogP contribution is -2.36. The van der Waals surface area contributed by atoms with Gasteiger partial charge in [-0.3, -0.25) is 4.90 Å². The first kappa shape index (κ1) is 15.4. The van der Waals surface area contributed by atoms with Gasteiger partial charge in [-0.15, -0.1) is 0 Å². The fourth-order valence-electron chi connectivity index (χ4n) is 2.59. The zero-order valence-electron chi connectivity index (χ0n) is 11.3. The second kappa shape index (κ2) is 7.18. The molecule has 1 aromatic carbocycles. The number of nitrogens with two attached hydrogens (primary N) is 1. The third-order valence-corrected chi connectivity index (χ3v) is 5.63. The van der Waals surface area contributed by atoms with Crippen LogP contribution in [0.1, 0.15) is 18.0 Å². The number of benzene rings is 1. The average molecular weight is 391 g/mol. The van der Waals surface area contributed by atoms with Gasteiger partial charge in [-0.25, -0.2) is 0 Å². The molecular formula is C14H21Br2N3. The molecule has 1 atom stereocenters. The Kier molecular flexibility index (Phi) is 5.84. The van der Waals surface area contributed by atoms with Crippen molar-refractivity contribution in [3.8, 4) is 0 Å². The SMILES string of the molecule is CN1CCCN(C(CN)c2ccc(Br)c(Br)c2)CC1. The molecular weight excluding hydrogens is 370 g/mol. The molecule has 1 heterocycles. The lowest BCUT2D eigenvalue weighted by atomic mass is 10.1. The second-order valence-corrected chi connectivity index (χ2v) is 6.83. The number of hydrogen-bond donors (Lipinski definition) is 1. The van der Waals surface area contributed by atoms with Gasteiger partial charge in [0.15, 0.2) is 0 Å². The summed E-state index contributed by atoms with van der Waals surface area (Å²) in [5.74, 6) is 0. The first-order valence-corrected chi connectivity index (χ1v) is 8.28. The summed E-state index contributed by atoms with van der Waals surface area (Å²) >= 11 is 7.10. The fraction of sp³-hybridized carbons (Fsp3) is 0.571. The molecule has 0 saturated carbocycles. The number of nitrogens with zero attached hydrogens (tertiary/aromatic N) is 2. The van der Waals surface area contributed by atoms with Crippen LogP contribution in [0.15, 0.2) is 27.1 Å². The van der Waals surface area contributed by atoms with Crippen molar-refractivity contribution >= 4 is 31.9 Å². The number of halogens is 2. The monoisotopic (exact) mass is 389 g/mol. The third-order valence-electron chi connectivity index (χ3n) is 3.75. The van der Waals surface area contributed by atoms with Gasteiger partial charge in [0.1, 0.15) is 0 Å². The molecule has 1 aliphatic heterocycles. The molecule has 0 amide bonds. The molecule has 3 nitrogen and oxygen atoms in total. The minimum Gasteiger partial charge on any atom is -0.329 e. The fourth-order valence-corrected chi connectivity index (χ4v) is 3.24. The van der Waals surface area contributed by atoms with E-state index in [0.29, 0.717) is 12.6 Å². The maximum atomic E-state index is 6.03. The smallest absolute Gasteiger partial charge is 0.0471 e. The summed E-state index contributed by atoms with van der Waals surface area (Å²) in [5, 5.41) is 0. The van der Waals surface area contributed by atoms with Crippen molar-refractivity contribution in [3.63, 3.8) is 0 Å². The van der Waals surface area contributed by atoms with Gasteiger partial charge in [-0.2, -0.15) is 0 Å². The van der Waals surface area contributed by atoms with Crippen LogP contribution < -0.4 is 5.73 Å². The average Bonchev–Trinajstić information content (AvgIpc) is 2.60. The van der Waals surface area contributed by atoms with E-state index in [4.69, 9.17) is 5.73 Å². The number of hydrogen-bond acceptors (Lipinski definition) is 3. The van der Waals surface area contributed by atoms with Crippen LogP contribution in [0.5, 0.6) is 0 Å². The van der Waals surface area contributed by atoms with Crippen molar-refractivity contribution in [2.75, 3.05) is 39.8 Å². The van der Waals surface area contributed by atoms with Gasteiger partial charge >= 0.3 is 0 Å². The Labute approximate surface area is 132 Å². The van der Waals surface area contributed by atoms with Crippen LogP contribution in [0.25, 0.3) is 0 Å². The molecule has 0 aliphatic carbocycles. The van der Waals surface area contributed by atoms with Gasteiger partial charge in [-0.05, 0) is 69.6 Å². The van der Waals surface area contributed by atoms with E-state index in [-0.39, 0.29) is 0 Å². The highest BCUT2D eigenvalue weighted by Crippen LogP contribution is 2.29. The summed E-state index contributed by atoms with van der Waals surface area (Å²) in [7, 11) is 2.19. The molecule has 106 valence electrons. The maximum Gasteiger partial charge on any atom is 0.0471 e. The first-order chi connectivity index (χ1) is 9.11. The molecule has 1 unspecified atom stereocenters. The van der Waals surface area contributed by atoms with Gasteiger partial charge in [-0.1, -0.05) is 6.07 Å². The van der Waals surface area contributed by atoms with E-state index in [2.05, 4.69) is 66.9 Å². The lowest BCUT2D eigenvalue weighted by Gasteiger charge is -2.30. The second-order valence-electron chi connectivity index (χ2n) is 5.12. The Morgan fingerprint density at radius 3 is 2.63 bits per heavy atom. The molecule has 0 radical (unpaired) electrons. The Balaban J connectivity index is 2.16. The molecule has 19 heavy (non-hydrogen) atoms. The molecule has 0 aromatic heterocycles. The van der Waals surface area contributed by atoms with E-state index in [9.17, 15) is 0 Å². The molecule has 2 rings (SSSR count). The number of likely N-dealkylation sites (N-methyl/N-ethyl adjacent to an activating group) is 1. The van der Waals surface area contributed by atoms with Gasteiger partial charge in [0.2, 0.25) is 0 Å². The molecule has 0 bridgehead atoms. The molecule has 5 heteroatoms. The normalized spacial score (nSPS) is 20.2. The van der Waals surface area contributed by atoms with E-state index in [1.165, 1.54) is 18.5 Å². The van der Waals surface area contributed by atoms with Crippen LogP contribution in [0.2, 0.25) is 0 Å². The lowest BCUT2D eigenvalue weighted by molar-refractivity contribution is 0.208. The minimum absolute atomic E-state index is 0.316. The van der Waals surface area contributed by atoms with Crippen LogP contribution in [0.4, 0.5) is 0 Å². The maximum absolute atomic E-state index is 6.03. The summed E-state index contributed by atoms with van der Waals surface area (Å²) < 4.78 is 2.18. The van der Waals surface area contributed by atoms with Gasteiger partial charge in [0, 0.05) is 41.2 Å². The summed E-state index contributed by atoms with van der Waals surface area (Å²) in [5.41, 5.74) is 7.32. The molecule has 1 saturated heterocycles. The van der Waals surface area contributed by atoms with Gasteiger partial charge < -0.3 is 10.6 Å². The molecule has 0 spiro atoms. The Hall–Kier alpha value is 0.0600. The van der Waals surface area contributed by atoms with Crippen LogP contribution in [0, 0.1) is 0 Å². The van der Waals surface area contributed by atoms with Crippen LogP contribution in [-0.2, 0) is 0 Å². The Bertz CT molecular complexity index is 425. The van der Waals surface area contributed by atoms with E-state index in [0.717, 1.165) is 28.6 Å². The summed E-state index contributed by atoms with van der Waals surface area (Å²) in [4.78, 5) is 4.91. The quantitative estimate of drug-likeness (QED) is 0.861. The molecule has 1 aromatic rings. The summed E-state index contributed by atoms with van der Waals surface area (Å²) in [6.07, 6.45) is 1.21. The highest BCUT2D eigenvalue weighted by Gasteiger charge is 2.21. The standard InChI is InChI=1S/C14H21Br2N3/c1-18-5-2-6-19(8-7-18)14(10-17)11-3-4-12(15)13(16)9-11/h3-4,9,14H,2,5-8,10,17H2,1H3. The van der Waals surface area contributed by atoms with Crippen molar-refractivity contribution in [2.24, 2.45) is 5.73 Å². The van der Waals surface area contributed by atoms with Crippen molar-refractivity contribution in [2.45, 2.75) is 12.5 Å². The zero-order chi connectivity index (χ0) is 13.8. The van der Waals surface area contributed by atoms with Crippen molar-refractivity contribution in [1.82, 2.24) is 9.80 Å². The molecule has 2 N–H and O–H groups in total. The van der Waals surface area contributed by atoms with Crippen LogP contribution in [-0.4, -0.2) is 49.6 Å². The van der Waals surface area contributed by atoms with Crippen molar-refractivity contribution in [3.05, 3.63) is 32.7 Å². The van der Waals surface area contributed by atoms with Crippen molar-refractivity contribution in [1.29, 1.82) is 0 Å². The molecule has 1 fully saturated rings. The predicted molar refractivity (Wildman–Crippen MR) is 87.3 cm³/mol. The van der Waals surface area contributed by atoms with E-state index in [1.807, 2.05) is 0 Å². The zero-order valence-corrected chi connectivity index (χ0v) is 14.5. The Morgan fingerprint density at radius 2 is 1.95 bits per heavy atom. The van der Waals surface area contributed by atoms with Gasteiger partial charge in [0.05, 0.1) is 0 Å². The predicted octanol–water partition coefficient (Wildman–Crippen LogP) is 2.85. The van der Waals surface area contributed by atoms with E-state index < -0.39 is 0 Å². The van der Waals surface area contributed by atoms with Gasteiger partial charge in [0.25, 0.3) is 0 Å². The Morgan fingerprint density at radius 1 is 1.16 bits per heavy atom. The summed E-state index contributed by atoms with van der Waals surface area (Å²) in [6, 6.07) is 6.75. The minimum atomic E-state index is 0.316. The topological polar surface area (TPSA) is 32.5 Å². The summed E-state index contributed by atoms with van der Waals surface area (Å²) in [6.45, 7) is 5.18. The van der Waals surface area contributed by atoms with E-state index >= 15 is 0 Å². The van der Waals surface area contributed by atoms with Crippen molar-refractivity contribution < 1.29 is 0 Å². The first-order valence-electron chi connectivity index (χ1n) is 6.69.